The summed E-state index contributed by atoms with van der Waals surface area (Å²) in [4.78, 5) is 0. The predicted molar refractivity (Wildman–Crippen MR) is 130 cm³/mol. The highest BCUT2D eigenvalue weighted by Crippen LogP contribution is 2.38. The van der Waals surface area contributed by atoms with E-state index in [9.17, 15) is 0 Å². The van der Waals surface area contributed by atoms with E-state index in [-0.39, 0.29) is 0 Å². The molecule has 0 saturated heterocycles. The lowest BCUT2D eigenvalue weighted by Gasteiger charge is -2.15. The molecule has 142 valence electrons. The summed E-state index contributed by atoms with van der Waals surface area (Å²) >= 11 is 1.81. The van der Waals surface area contributed by atoms with Gasteiger partial charge in [0.15, 0.2) is 0 Å². The van der Waals surface area contributed by atoms with Gasteiger partial charge in [0.2, 0.25) is 0 Å². The van der Waals surface area contributed by atoms with Crippen molar-refractivity contribution >= 4 is 32.3 Å². The number of fused-ring (bicyclic) bond motifs is 2. The molecule has 0 unspecified atom stereocenters. The number of hydrogen-bond donors (Lipinski definition) is 0. The fourth-order valence-corrected chi connectivity index (χ4v) is 5.15. The molecule has 0 saturated carbocycles. The Labute approximate surface area is 179 Å². The van der Waals surface area contributed by atoms with Crippen LogP contribution in [0.4, 0.5) is 0 Å². The van der Waals surface area contributed by atoms with E-state index in [4.69, 9.17) is 0 Å². The number of thiophene rings is 1. The van der Waals surface area contributed by atoms with Gasteiger partial charge in [0, 0.05) is 5.39 Å². The first-order chi connectivity index (χ1) is 14.9. The van der Waals surface area contributed by atoms with E-state index in [2.05, 4.69) is 119 Å². The van der Waals surface area contributed by atoms with Gasteiger partial charge in [-0.3, -0.25) is 0 Å². The second-order valence-electron chi connectivity index (χ2n) is 7.49. The number of hydrogen-bond acceptors (Lipinski definition) is 1. The van der Waals surface area contributed by atoms with Gasteiger partial charge in [0.1, 0.15) is 0 Å². The molecule has 0 aliphatic heterocycles. The van der Waals surface area contributed by atoms with Crippen LogP contribution in [0.15, 0.2) is 115 Å². The predicted octanol–water partition coefficient (Wildman–Crippen LogP) is 8.18. The first-order valence-corrected chi connectivity index (χ1v) is 11.0. The topological polar surface area (TPSA) is 4.93 Å². The molecule has 0 amide bonds. The van der Waals surface area contributed by atoms with Gasteiger partial charge in [-0.2, -0.15) is 0 Å². The fraction of sp³-hybridized carbons (Fsp3) is 0. The third-order valence-corrected chi connectivity index (χ3v) is 6.61. The zero-order chi connectivity index (χ0) is 19.9. The van der Waals surface area contributed by atoms with Crippen molar-refractivity contribution < 1.29 is 0 Å². The lowest BCUT2D eigenvalue weighted by molar-refractivity contribution is 1.15. The first kappa shape index (κ1) is 17.3. The Morgan fingerprint density at radius 1 is 0.533 bits per heavy atom. The number of nitrogens with zero attached hydrogens (tertiary/aromatic N) is 1. The molecule has 30 heavy (non-hydrogen) atoms. The summed E-state index contributed by atoms with van der Waals surface area (Å²) < 4.78 is 3.74. The molecule has 2 heteroatoms. The Balaban J connectivity index is 1.71. The molecule has 2 heterocycles. The molecule has 0 atom stereocenters. The molecular weight excluding hydrogens is 382 g/mol. The van der Waals surface area contributed by atoms with Gasteiger partial charge < -0.3 is 4.57 Å². The van der Waals surface area contributed by atoms with Crippen LogP contribution in [0.1, 0.15) is 0 Å². The van der Waals surface area contributed by atoms with Crippen molar-refractivity contribution in [3.63, 3.8) is 0 Å². The van der Waals surface area contributed by atoms with Crippen molar-refractivity contribution in [2.45, 2.75) is 0 Å². The van der Waals surface area contributed by atoms with Gasteiger partial charge in [-0.1, -0.05) is 78.9 Å². The van der Waals surface area contributed by atoms with E-state index in [1.54, 1.807) is 0 Å². The third-order valence-electron chi connectivity index (χ3n) is 5.66. The smallest absolute Gasteiger partial charge is 0.0646 e. The van der Waals surface area contributed by atoms with Crippen molar-refractivity contribution in [1.82, 2.24) is 4.57 Å². The Kier molecular flexibility index (Phi) is 4.03. The van der Waals surface area contributed by atoms with Crippen LogP contribution in [0.2, 0.25) is 0 Å². The molecule has 4 aromatic carbocycles. The van der Waals surface area contributed by atoms with Crippen molar-refractivity contribution in [2.24, 2.45) is 0 Å². The largest absolute Gasteiger partial charge is 0.308 e. The molecule has 2 aromatic heterocycles. The maximum absolute atomic E-state index is 2.43. The Hall–Kier alpha value is -3.62. The summed E-state index contributed by atoms with van der Waals surface area (Å²) in [7, 11) is 0. The Bertz CT molecular complexity index is 1470. The highest BCUT2D eigenvalue weighted by molar-refractivity contribution is 7.17. The van der Waals surface area contributed by atoms with Crippen LogP contribution in [0.3, 0.4) is 0 Å². The second-order valence-corrected chi connectivity index (χ2v) is 8.41. The van der Waals surface area contributed by atoms with Crippen LogP contribution >= 0.6 is 11.3 Å². The molecule has 0 aliphatic carbocycles. The van der Waals surface area contributed by atoms with Crippen molar-refractivity contribution in [3.8, 4) is 28.1 Å². The summed E-state index contributed by atoms with van der Waals surface area (Å²) in [6.07, 6.45) is 0. The molecule has 0 radical (unpaired) electrons. The van der Waals surface area contributed by atoms with Crippen molar-refractivity contribution in [1.29, 1.82) is 0 Å². The van der Waals surface area contributed by atoms with Crippen LogP contribution in [0, 0.1) is 0 Å². The van der Waals surface area contributed by atoms with Gasteiger partial charge >= 0.3 is 0 Å². The van der Waals surface area contributed by atoms with E-state index in [1.165, 1.54) is 49.1 Å². The van der Waals surface area contributed by atoms with E-state index in [0.29, 0.717) is 0 Å². The van der Waals surface area contributed by atoms with Gasteiger partial charge in [-0.05, 0) is 57.8 Å². The third kappa shape index (κ3) is 2.77. The van der Waals surface area contributed by atoms with Crippen molar-refractivity contribution in [3.05, 3.63) is 115 Å². The summed E-state index contributed by atoms with van der Waals surface area (Å²) in [6.45, 7) is 0. The second kappa shape index (κ2) is 7.01. The van der Waals surface area contributed by atoms with Crippen molar-refractivity contribution in [2.75, 3.05) is 0 Å². The molecule has 1 nitrogen and oxygen atoms in total. The summed E-state index contributed by atoms with van der Waals surface area (Å²) in [5, 5.41) is 4.73. The fourth-order valence-electron chi connectivity index (χ4n) is 4.26. The molecule has 0 bridgehead atoms. The number of aromatic nitrogens is 1. The van der Waals surface area contributed by atoms with E-state index in [0.717, 1.165) is 0 Å². The van der Waals surface area contributed by atoms with Crippen LogP contribution in [-0.4, -0.2) is 4.57 Å². The van der Waals surface area contributed by atoms with E-state index < -0.39 is 0 Å². The van der Waals surface area contributed by atoms with Gasteiger partial charge in [0.05, 0.1) is 21.6 Å². The molecule has 6 aromatic rings. The number of benzene rings is 4. The summed E-state index contributed by atoms with van der Waals surface area (Å²) in [5.41, 5.74) is 7.40. The molecule has 6 rings (SSSR count). The zero-order valence-electron chi connectivity index (χ0n) is 16.3. The van der Waals surface area contributed by atoms with E-state index >= 15 is 0 Å². The van der Waals surface area contributed by atoms with Crippen LogP contribution in [0.5, 0.6) is 0 Å². The Morgan fingerprint density at radius 3 is 2.03 bits per heavy atom. The lowest BCUT2D eigenvalue weighted by Crippen LogP contribution is -1.98. The molecule has 0 aliphatic rings. The normalized spacial score (nSPS) is 11.3. The molecule has 0 fully saturated rings. The number of rotatable bonds is 3. The highest BCUT2D eigenvalue weighted by atomic mass is 32.1. The maximum atomic E-state index is 2.43. The molecular formula is C28H19NS. The average molecular weight is 402 g/mol. The molecule has 0 spiro atoms. The SMILES string of the molecule is c1ccc(-c2cc(-n3c(-c4ccccc4)cc4ccccc43)c3sccc3c2)cc1. The summed E-state index contributed by atoms with van der Waals surface area (Å²) in [6, 6.07) is 39.2. The Morgan fingerprint density at radius 2 is 1.23 bits per heavy atom. The van der Waals surface area contributed by atoms with Gasteiger partial charge in [-0.15, -0.1) is 11.3 Å². The quantitative estimate of drug-likeness (QED) is 0.282. The summed E-state index contributed by atoms with van der Waals surface area (Å²) in [5.74, 6) is 0. The minimum absolute atomic E-state index is 1.22. The van der Waals surface area contributed by atoms with Gasteiger partial charge in [-0.25, -0.2) is 0 Å². The minimum atomic E-state index is 1.22. The van der Waals surface area contributed by atoms with Crippen LogP contribution < -0.4 is 0 Å². The number of para-hydroxylation sites is 1. The lowest BCUT2D eigenvalue weighted by atomic mass is 10.0. The zero-order valence-corrected chi connectivity index (χ0v) is 17.1. The van der Waals surface area contributed by atoms with Gasteiger partial charge in [0.25, 0.3) is 0 Å². The minimum Gasteiger partial charge on any atom is -0.308 e. The maximum Gasteiger partial charge on any atom is 0.0646 e. The highest BCUT2D eigenvalue weighted by Gasteiger charge is 2.16. The van der Waals surface area contributed by atoms with Crippen LogP contribution in [-0.2, 0) is 0 Å². The monoisotopic (exact) mass is 401 g/mol. The molecule has 0 N–H and O–H groups in total. The van der Waals surface area contributed by atoms with Crippen LogP contribution in [0.25, 0.3) is 49.1 Å². The standard InChI is InChI=1S/C28H19NS/c1-3-9-20(10-4-1)24-17-23-15-16-30-28(23)27(19-24)29-25-14-8-7-13-22(25)18-26(29)21-11-5-2-6-12-21/h1-19H. The first-order valence-electron chi connectivity index (χ1n) is 10.1. The average Bonchev–Trinajstić information content (AvgIpc) is 3.44. The van der Waals surface area contributed by atoms with E-state index in [1.807, 2.05) is 11.3 Å².